The van der Waals surface area contributed by atoms with E-state index in [1.807, 2.05) is 30.9 Å². The SMILES string of the molecule is CCCNC(N)=NCc1ccc(N(CC)CC)c(F)c1.I. The van der Waals surface area contributed by atoms with Crippen molar-refractivity contribution in [1.29, 1.82) is 0 Å². The molecule has 1 rings (SSSR count). The highest BCUT2D eigenvalue weighted by Crippen LogP contribution is 2.20. The molecule has 0 bridgehead atoms. The van der Waals surface area contributed by atoms with Gasteiger partial charge in [-0.05, 0) is 38.0 Å². The van der Waals surface area contributed by atoms with E-state index in [9.17, 15) is 4.39 Å². The zero-order chi connectivity index (χ0) is 15.0. The van der Waals surface area contributed by atoms with Gasteiger partial charge in [-0.3, -0.25) is 0 Å². The van der Waals surface area contributed by atoms with E-state index in [-0.39, 0.29) is 29.8 Å². The van der Waals surface area contributed by atoms with Crippen LogP contribution in [0.3, 0.4) is 0 Å². The highest BCUT2D eigenvalue weighted by atomic mass is 127. The van der Waals surface area contributed by atoms with Crippen LogP contribution in [0.15, 0.2) is 23.2 Å². The zero-order valence-corrected chi connectivity index (χ0v) is 15.4. The molecule has 0 aromatic heterocycles. The van der Waals surface area contributed by atoms with Crippen LogP contribution in [0.2, 0.25) is 0 Å². The van der Waals surface area contributed by atoms with Gasteiger partial charge in [0.25, 0.3) is 0 Å². The first kappa shape index (κ1) is 19.9. The van der Waals surface area contributed by atoms with E-state index in [1.165, 1.54) is 6.07 Å². The minimum absolute atomic E-state index is 0. The van der Waals surface area contributed by atoms with Crippen molar-refractivity contribution in [3.8, 4) is 0 Å². The second kappa shape index (κ2) is 10.6. The Morgan fingerprint density at radius 2 is 1.95 bits per heavy atom. The number of hydrogen-bond donors (Lipinski definition) is 2. The monoisotopic (exact) mass is 408 g/mol. The maximum Gasteiger partial charge on any atom is 0.188 e. The average molecular weight is 408 g/mol. The second-order valence-corrected chi connectivity index (χ2v) is 4.59. The first-order valence-electron chi connectivity index (χ1n) is 7.19. The van der Waals surface area contributed by atoms with Crippen LogP contribution in [0.5, 0.6) is 0 Å². The number of anilines is 1. The van der Waals surface area contributed by atoms with Gasteiger partial charge >= 0.3 is 0 Å². The van der Waals surface area contributed by atoms with Crippen molar-refractivity contribution < 1.29 is 4.39 Å². The van der Waals surface area contributed by atoms with Gasteiger partial charge in [-0.1, -0.05) is 13.0 Å². The number of nitrogens with zero attached hydrogens (tertiary/aromatic N) is 2. The Balaban J connectivity index is 0.00000400. The quantitative estimate of drug-likeness (QED) is 0.414. The van der Waals surface area contributed by atoms with Gasteiger partial charge < -0.3 is 16.0 Å². The number of nitrogens with one attached hydrogen (secondary N) is 1. The fraction of sp³-hybridized carbons (Fsp3) is 0.533. The second-order valence-electron chi connectivity index (χ2n) is 4.59. The Morgan fingerprint density at radius 3 is 2.48 bits per heavy atom. The van der Waals surface area contributed by atoms with Crippen molar-refractivity contribution in [3.63, 3.8) is 0 Å². The maximum absolute atomic E-state index is 14.1. The predicted molar refractivity (Wildman–Crippen MR) is 99.0 cm³/mol. The molecule has 0 spiro atoms. The summed E-state index contributed by atoms with van der Waals surface area (Å²) in [4.78, 5) is 6.18. The van der Waals surface area contributed by atoms with E-state index in [1.54, 1.807) is 0 Å². The number of benzene rings is 1. The summed E-state index contributed by atoms with van der Waals surface area (Å²) in [5.74, 6) is 0.196. The van der Waals surface area contributed by atoms with Crippen molar-refractivity contribution in [2.24, 2.45) is 10.7 Å². The predicted octanol–water partition coefficient (Wildman–Crippen LogP) is 3.10. The molecule has 4 nitrogen and oxygen atoms in total. The Hall–Kier alpha value is -1.05. The molecule has 0 fully saturated rings. The molecule has 0 heterocycles. The minimum Gasteiger partial charge on any atom is -0.370 e. The Morgan fingerprint density at radius 1 is 1.29 bits per heavy atom. The third kappa shape index (κ3) is 6.50. The number of rotatable bonds is 7. The van der Waals surface area contributed by atoms with Gasteiger partial charge in [0.15, 0.2) is 5.96 Å². The molecule has 1 aromatic carbocycles. The molecule has 0 radical (unpaired) electrons. The van der Waals surface area contributed by atoms with E-state index in [0.717, 1.165) is 31.6 Å². The van der Waals surface area contributed by atoms with Crippen LogP contribution < -0.4 is 16.0 Å². The number of halogens is 2. The standard InChI is InChI=1S/C15H25FN4.HI/c1-4-9-18-15(17)19-11-12-7-8-14(13(16)10-12)20(5-2)6-3;/h7-8,10H,4-6,9,11H2,1-3H3,(H3,17,18,19);1H. The van der Waals surface area contributed by atoms with Gasteiger partial charge in [-0.2, -0.15) is 0 Å². The normalized spacial score (nSPS) is 11.0. The number of nitrogens with two attached hydrogens (primary N) is 1. The van der Waals surface area contributed by atoms with Crippen molar-refractivity contribution in [2.45, 2.75) is 33.7 Å². The van der Waals surface area contributed by atoms with Gasteiger partial charge in [-0.25, -0.2) is 9.38 Å². The van der Waals surface area contributed by atoms with Crippen LogP contribution in [0.25, 0.3) is 0 Å². The van der Waals surface area contributed by atoms with Gasteiger partial charge in [0.05, 0.1) is 12.2 Å². The minimum atomic E-state index is -0.207. The largest absolute Gasteiger partial charge is 0.370 e. The molecule has 0 aliphatic heterocycles. The summed E-state index contributed by atoms with van der Waals surface area (Å²) in [5, 5.41) is 2.99. The molecule has 0 aliphatic rings. The molecule has 0 aliphatic carbocycles. The van der Waals surface area contributed by atoms with Crippen molar-refractivity contribution in [1.82, 2.24) is 5.32 Å². The topological polar surface area (TPSA) is 53.6 Å². The molecular formula is C15H26FIN4. The third-order valence-corrected chi connectivity index (χ3v) is 3.10. The molecular weight excluding hydrogens is 382 g/mol. The highest BCUT2D eigenvalue weighted by molar-refractivity contribution is 14.0. The summed E-state index contributed by atoms with van der Waals surface area (Å²) < 4.78 is 14.1. The molecule has 0 atom stereocenters. The Labute approximate surface area is 144 Å². The summed E-state index contributed by atoms with van der Waals surface area (Å²) in [7, 11) is 0. The smallest absolute Gasteiger partial charge is 0.188 e. The third-order valence-electron chi connectivity index (χ3n) is 3.10. The van der Waals surface area contributed by atoms with E-state index < -0.39 is 0 Å². The summed E-state index contributed by atoms with van der Waals surface area (Å²) in [6, 6.07) is 5.24. The van der Waals surface area contributed by atoms with E-state index >= 15 is 0 Å². The lowest BCUT2D eigenvalue weighted by atomic mass is 10.2. The zero-order valence-electron chi connectivity index (χ0n) is 13.0. The molecule has 0 amide bonds. The molecule has 0 unspecified atom stereocenters. The van der Waals surface area contributed by atoms with Crippen LogP contribution in [-0.2, 0) is 6.54 Å². The van der Waals surface area contributed by atoms with Crippen molar-refractivity contribution in [3.05, 3.63) is 29.6 Å². The summed E-state index contributed by atoms with van der Waals surface area (Å²) >= 11 is 0. The molecule has 120 valence electrons. The Bertz CT molecular complexity index is 447. The van der Waals surface area contributed by atoms with Gasteiger partial charge in [-0.15, -0.1) is 24.0 Å². The lowest BCUT2D eigenvalue weighted by Gasteiger charge is -2.21. The van der Waals surface area contributed by atoms with Crippen LogP contribution in [0.1, 0.15) is 32.8 Å². The Kier molecular flexibility index (Phi) is 10.1. The number of hydrogen-bond acceptors (Lipinski definition) is 2. The fourth-order valence-corrected chi connectivity index (χ4v) is 1.95. The van der Waals surface area contributed by atoms with Gasteiger partial charge in [0.2, 0.25) is 0 Å². The van der Waals surface area contributed by atoms with Crippen LogP contribution in [-0.4, -0.2) is 25.6 Å². The summed E-state index contributed by atoms with van der Waals surface area (Å²) in [5.41, 5.74) is 7.16. The number of aliphatic imine (C=N–C) groups is 1. The van der Waals surface area contributed by atoms with Gasteiger partial charge in [0.1, 0.15) is 5.82 Å². The molecule has 0 saturated heterocycles. The van der Waals surface area contributed by atoms with E-state index in [0.29, 0.717) is 18.2 Å². The molecule has 0 saturated carbocycles. The van der Waals surface area contributed by atoms with Crippen molar-refractivity contribution in [2.75, 3.05) is 24.5 Å². The first-order chi connectivity index (χ1) is 9.62. The molecule has 6 heteroatoms. The molecule has 3 N–H and O–H groups in total. The fourth-order valence-electron chi connectivity index (χ4n) is 1.95. The molecule has 1 aromatic rings. The summed E-state index contributed by atoms with van der Waals surface area (Å²) in [6.07, 6.45) is 0.989. The van der Waals surface area contributed by atoms with Crippen LogP contribution in [0, 0.1) is 5.82 Å². The maximum atomic E-state index is 14.1. The lowest BCUT2D eigenvalue weighted by Crippen LogP contribution is -2.32. The number of guanidine groups is 1. The van der Waals surface area contributed by atoms with E-state index in [4.69, 9.17) is 5.73 Å². The van der Waals surface area contributed by atoms with Crippen molar-refractivity contribution >= 4 is 35.6 Å². The van der Waals surface area contributed by atoms with Gasteiger partial charge in [0, 0.05) is 19.6 Å². The van der Waals surface area contributed by atoms with Crippen LogP contribution >= 0.6 is 24.0 Å². The average Bonchev–Trinajstić information content (AvgIpc) is 2.46. The highest BCUT2D eigenvalue weighted by Gasteiger charge is 2.08. The molecule has 21 heavy (non-hydrogen) atoms. The first-order valence-corrected chi connectivity index (χ1v) is 7.19. The lowest BCUT2D eigenvalue weighted by molar-refractivity contribution is 0.617. The summed E-state index contributed by atoms with van der Waals surface area (Å²) in [6.45, 7) is 8.85. The van der Waals surface area contributed by atoms with E-state index in [2.05, 4.69) is 17.2 Å². The van der Waals surface area contributed by atoms with Crippen LogP contribution in [0.4, 0.5) is 10.1 Å².